The van der Waals surface area contributed by atoms with Crippen molar-refractivity contribution in [1.82, 2.24) is 0 Å². The van der Waals surface area contributed by atoms with Gasteiger partial charge in [-0.05, 0) is 40.8 Å². The third kappa shape index (κ3) is 1.92. The number of nitriles is 1. The number of carboxylic acid groups (broad SMARTS) is 1. The summed E-state index contributed by atoms with van der Waals surface area (Å²) in [6.07, 6.45) is 1.72. The third-order valence-electron chi connectivity index (χ3n) is 3.63. The van der Waals surface area contributed by atoms with Crippen molar-refractivity contribution in [2.45, 2.75) is 18.8 Å². The molecule has 0 amide bonds. The zero-order valence-corrected chi connectivity index (χ0v) is 10.9. The maximum Gasteiger partial charge on any atom is 0.338 e. The van der Waals surface area contributed by atoms with Crippen LogP contribution in [0.2, 0.25) is 0 Å². The van der Waals surface area contributed by atoms with Gasteiger partial charge in [-0.1, -0.05) is 24.3 Å². The van der Waals surface area contributed by atoms with Crippen LogP contribution >= 0.6 is 11.3 Å². The average Bonchev–Trinajstić information content (AvgIpc) is 3.01. The minimum atomic E-state index is -0.997. The lowest BCUT2D eigenvalue weighted by Gasteiger charge is -2.08. The average molecular weight is 269 g/mol. The second-order valence-corrected chi connectivity index (χ2v) is 5.57. The van der Waals surface area contributed by atoms with Gasteiger partial charge in [-0.3, -0.25) is 0 Å². The molecule has 3 nitrogen and oxygen atoms in total. The summed E-state index contributed by atoms with van der Waals surface area (Å²) >= 11 is 1.23. The van der Waals surface area contributed by atoms with Crippen molar-refractivity contribution < 1.29 is 9.90 Å². The normalized spacial score (nSPS) is 14.1. The summed E-state index contributed by atoms with van der Waals surface area (Å²) < 4.78 is 0. The van der Waals surface area contributed by atoms with Gasteiger partial charge >= 0.3 is 5.97 Å². The lowest BCUT2D eigenvalue weighted by atomic mass is 9.94. The monoisotopic (exact) mass is 269 g/mol. The Morgan fingerprint density at radius 3 is 2.47 bits per heavy atom. The van der Waals surface area contributed by atoms with Crippen LogP contribution in [0.4, 0.5) is 0 Å². The van der Waals surface area contributed by atoms with E-state index >= 15 is 0 Å². The first-order valence-corrected chi connectivity index (χ1v) is 6.90. The maximum atomic E-state index is 11.3. The summed E-state index contributed by atoms with van der Waals surface area (Å²) in [6, 6.07) is 10.2. The van der Waals surface area contributed by atoms with E-state index in [4.69, 9.17) is 5.26 Å². The van der Waals surface area contributed by atoms with E-state index in [1.165, 1.54) is 22.5 Å². The molecule has 1 aliphatic rings. The van der Waals surface area contributed by atoms with Crippen LogP contribution in [0.5, 0.6) is 0 Å². The summed E-state index contributed by atoms with van der Waals surface area (Å²) in [7, 11) is 0. The topological polar surface area (TPSA) is 61.1 Å². The standard InChI is InChI=1S/C15H11NO2S/c16-7-13-14(15(17)18)12(8-19-13)11-5-9-3-1-2-4-10(9)6-11/h1-4,8,11H,5-6H2,(H,17,18). The van der Waals surface area contributed by atoms with Gasteiger partial charge in [-0.15, -0.1) is 11.3 Å². The Bertz CT molecular complexity index is 671. The second-order valence-electron chi connectivity index (χ2n) is 4.69. The molecule has 4 heteroatoms. The fraction of sp³-hybridized carbons (Fsp3) is 0.200. The first-order chi connectivity index (χ1) is 9.20. The number of carboxylic acids is 1. The predicted molar refractivity (Wildman–Crippen MR) is 72.6 cm³/mol. The number of nitrogens with zero attached hydrogens (tertiary/aromatic N) is 1. The first-order valence-electron chi connectivity index (χ1n) is 6.02. The first kappa shape index (κ1) is 11.9. The number of carbonyl (C=O) groups is 1. The lowest BCUT2D eigenvalue weighted by Crippen LogP contribution is -2.06. The highest BCUT2D eigenvalue weighted by atomic mass is 32.1. The van der Waals surface area contributed by atoms with E-state index in [9.17, 15) is 9.90 Å². The van der Waals surface area contributed by atoms with Gasteiger partial charge in [0.25, 0.3) is 0 Å². The molecule has 0 unspecified atom stereocenters. The lowest BCUT2D eigenvalue weighted by molar-refractivity contribution is 0.0695. The van der Waals surface area contributed by atoms with Crippen LogP contribution in [0.15, 0.2) is 29.6 Å². The van der Waals surface area contributed by atoms with E-state index in [0.29, 0.717) is 4.88 Å². The molecule has 0 bridgehead atoms. The summed E-state index contributed by atoms with van der Waals surface area (Å²) in [4.78, 5) is 11.7. The van der Waals surface area contributed by atoms with Crippen molar-refractivity contribution in [3.05, 3.63) is 56.8 Å². The maximum absolute atomic E-state index is 11.3. The van der Waals surface area contributed by atoms with E-state index in [0.717, 1.165) is 18.4 Å². The molecule has 0 radical (unpaired) electrons. The van der Waals surface area contributed by atoms with Crippen molar-refractivity contribution >= 4 is 17.3 Å². The van der Waals surface area contributed by atoms with Gasteiger partial charge in [-0.2, -0.15) is 5.26 Å². The smallest absolute Gasteiger partial charge is 0.338 e. The van der Waals surface area contributed by atoms with E-state index in [-0.39, 0.29) is 11.5 Å². The van der Waals surface area contributed by atoms with Gasteiger partial charge in [0.15, 0.2) is 0 Å². The van der Waals surface area contributed by atoms with E-state index in [2.05, 4.69) is 12.1 Å². The Morgan fingerprint density at radius 1 is 1.32 bits per heavy atom. The van der Waals surface area contributed by atoms with Crippen LogP contribution in [0.25, 0.3) is 0 Å². The van der Waals surface area contributed by atoms with Crippen molar-refractivity contribution in [1.29, 1.82) is 5.26 Å². The molecule has 2 aromatic rings. The van der Waals surface area contributed by atoms with Crippen molar-refractivity contribution in [2.24, 2.45) is 0 Å². The molecule has 0 atom stereocenters. The highest BCUT2D eigenvalue weighted by Crippen LogP contribution is 2.38. The van der Waals surface area contributed by atoms with Gasteiger partial charge in [0.05, 0.1) is 5.56 Å². The van der Waals surface area contributed by atoms with Crippen LogP contribution in [-0.4, -0.2) is 11.1 Å². The van der Waals surface area contributed by atoms with Gasteiger partial charge in [0.2, 0.25) is 0 Å². The molecular formula is C15H11NO2S. The molecule has 1 aliphatic carbocycles. The quantitative estimate of drug-likeness (QED) is 0.910. The molecule has 0 spiro atoms. The van der Waals surface area contributed by atoms with E-state index in [1.807, 2.05) is 23.6 Å². The van der Waals surface area contributed by atoms with Crippen LogP contribution in [0, 0.1) is 11.3 Å². The highest BCUT2D eigenvalue weighted by Gasteiger charge is 2.29. The summed E-state index contributed by atoms with van der Waals surface area (Å²) in [5.41, 5.74) is 3.58. The largest absolute Gasteiger partial charge is 0.478 e. The summed E-state index contributed by atoms with van der Waals surface area (Å²) in [6.45, 7) is 0. The Kier molecular flexibility index (Phi) is 2.84. The number of benzene rings is 1. The zero-order chi connectivity index (χ0) is 13.4. The number of hydrogen-bond donors (Lipinski definition) is 1. The SMILES string of the molecule is N#Cc1scc(C2Cc3ccccc3C2)c1C(=O)O. The minimum Gasteiger partial charge on any atom is -0.478 e. The Labute approximate surface area is 114 Å². The van der Waals surface area contributed by atoms with Crippen LogP contribution in [0.1, 0.15) is 37.8 Å². The van der Waals surface area contributed by atoms with Gasteiger partial charge in [0.1, 0.15) is 10.9 Å². The second kappa shape index (κ2) is 4.52. The molecular weight excluding hydrogens is 258 g/mol. The molecule has 0 aliphatic heterocycles. The number of aromatic carboxylic acids is 1. The Balaban J connectivity index is 2.00. The van der Waals surface area contributed by atoms with E-state index in [1.54, 1.807) is 0 Å². The Morgan fingerprint density at radius 2 is 1.95 bits per heavy atom. The fourth-order valence-corrected chi connectivity index (χ4v) is 3.68. The molecule has 19 heavy (non-hydrogen) atoms. The zero-order valence-electron chi connectivity index (χ0n) is 10.1. The summed E-state index contributed by atoms with van der Waals surface area (Å²) in [5, 5.41) is 20.1. The van der Waals surface area contributed by atoms with Gasteiger partial charge in [-0.25, -0.2) is 4.79 Å². The van der Waals surface area contributed by atoms with Crippen LogP contribution in [-0.2, 0) is 12.8 Å². The fourth-order valence-electron chi connectivity index (χ4n) is 2.75. The Hall–Kier alpha value is -2.12. The molecule has 94 valence electrons. The van der Waals surface area contributed by atoms with Gasteiger partial charge in [0, 0.05) is 0 Å². The number of hydrogen-bond acceptors (Lipinski definition) is 3. The van der Waals surface area contributed by atoms with Gasteiger partial charge < -0.3 is 5.11 Å². The molecule has 3 rings (SSSR count). The molecule has 0 fully saturated rings. The van der Waals surface area contributed by atoms with Crippen LogP contribution < -0.4 is 0 Å². The molecule has 1 N–H and O–H groups in total. The third-order valence-corrected chi connectivity index (χ3v) is 4.53. The number of rotatable bonds is 2. The van der Waals surface area contributed by atoms with Crippen molar-refractivity contribution in [3.8, 4) is 6.07 Å². The molecule has 0 saturated carbocycles. The molecule has 1 aromatic carbocycles. The van der Waals surface area contributed by atoms with Crippen molar-refractivity contribution in [3.63, 3.8) is 0 Å². The van der Waals surface area contributed by atoms with E-state index < -0.39 is 5.97 Å². The highest BCUT2D eigenvalue weighted by molar-refractivity contribution is 7.11. The molecule has 1 heterocycles. The van der Waals surface area contributed by atoms with Crippen LogP contribution in [0.3, 0.4) is 0 Å². The predicted octanol–water partition coefficient (Wildman–Crippen LogP) is 3.20. The molecule has 0 saturated heterocycles. The minimum absolute atomic E-state index is 0.182. The summed E-state index contributed by atoms with van der Waals surface area (Å²) in [5.74, 6) is -0.814. The number of fused-ring (bicyclic) bond motifs is 1. The number of thiophene rings is 1. The van der Waals surface area contributed by atoms with Crippen molar-refractivity contribution in [2.75, 3.05) is 0 Å². The molecule has 1 aromatic heterocycles.